The Morgan fingerprint density at radius 2 is 1.79 bits per heavy atom. The minimum Gasteiger partial charge on any atom is -0.444 e. The lowest BCUT2D eigenvalue weighted by Gasteiger charge is -2.22. The molecule has 7 nitrogen and oxygen atoms in total. The summed E-state index contributed by atoms with van der Waals surface area (Å²) in [6, 6.07) is 18.3. The molecule has 1 aliphatic rings. The summed E-state index contributed by atoms with van der Waals surface area (Å²) >= 11 is 0. The maximum atomic E-state index is 13.8. The van der Waals surface area contributed by atoms with Crippen LogP contribution in [0.5, 0.6) is 0 Å². The van der Waals surface area contributed by atoms with Crippen molar-refractivity contribution in [1.29, 1.82) is 0 Å². The van der Waals surface area contributed by atoms with Crippen LogP contribution in [0.2, 0.25) is 0 Å². The monoisotopic (exact) mass is 524 g/mol. The molecule has 39 heavy (non-hydrogen) atoms. The van der Waals surface area contributed by atoms with E-state index in [9.17, 15) is 9.59 Å². The van der Waals surface area contributed by atoms with Gasteiger partial charge in [0.05, 0.1) is 5.56 Å². The van der Waals surface area contributed by atoms with Gasteiger partial charge in [-0.15, -0.1) is 0 Å². The van der Waals surface area contributed by atoms with E-state index in [0.29, 0.717) is 12.1 Å². The Hall–Kier alpha value is -3.97. The Morgan fingerprint density at radius 3 is 2.54 bits per heavy atom. The molecule has 0 radical (unpaired) electrons. The first kappa shape index (κ1) is 26.6. The van der Waals surface area contributed by atoms with Crippen molar-refractivity contribution >= 4 is 16.9 Å². The maximum absolute atomic E-state index is 13.8. The molecule has 7 heteroatoms. The van der Waals surface area contributed by atoms with Gasteiger partial charge in [-0.3, -0.25) is 9.78 Å². The minimum atomic E-state index is -0.516. The van der Waals surface area contributed by atoms with E-state index in [1.807, 2.05) is 51.1 Å². The summed E-state index contributed by atoms with van der Waals surface area (Å²) in [6.45, 7) is 10.6. The van der Waals surface area contributed by atoms with Crippen LogP contribution in [-0.4, -0.2) is 52.7 Å². The van der Waals surface area contributed by atoms with Crippen LogP contribution >= 0.6 is 0 Å². The van der Waals surface area contributed by atoms with Gasteiger partial charge in [0.25, 0.3) is 5.56 Å². The quantitative estimate of drug-likeness (QED) is 0.329. The Kier molecular flexibility index (Phi) is 7.53. The van der Waals surface area contributed by atoms with Crippen molar-refractivity contribution in [2.45, 2.75) is 45.6 Å². The van der Waals surface area contributed by atoms with Gasteiger partial charge in [0, 0.05) is 43.6 Å². The number of benzene rings is 2. The SMILES string of the molecule is Cc1c(C2CCN(CCNC(=O)OC(C)(C)C)C2)[nH]c(=O)c(-c2ccc3ccccc3c2)c1-c1ccncc1. The van der Waals surface area contributed by atoms with Crippen molar-refractivity contribution in [2.24, 2.45) is 0 Å². The van der Waals surface area contributed by atoms with E-state index in [4.69, 9.17) is 4.74 Å². The smallest absolute Gasteiger partial charge is 0.407 e. The van der Waals surface area contributed by atoms with Gasteiger partial charge in [-0.05, 0) is 91.9 Å². The van der Waals surface area contributed by atoms with Gasteiger partial charge in [0.2, 0.25) is 0 Å². The number of carbonyl (C=O) groups is 1. The molecule has 1 fully saturated rings. The lowest BCUT2D eigenvalue weighted by molar-refractivity contribution is 0.0523. The fourth-order valence-electron chi connectivity index (χ4n) is 5.52. The van der Waals surface area contributed by atoms with Crippen molar-refractivity contribution in [1.82, 2.24) is 20.2 Å². The number of nitrogens with zero attached hydrogens (tertiary/aromatic N) is 2. The number of amides is 1. The average molecular weight is 525 g/mol. The predicted molar refractivity (Wildman–Crippen MR) is 156 cm³/mol. The van der Waals surface area contributed by atoms with Gasteiger partial charge in [-0.2, -0.15) is 0 Å². The summed E-state index contributed by atoms with van der Waals surface area (Å²) in [5.74, 6) is 0.200. The van der Waals surface area contributed by atoms with Crippen LogP contribution in [0.4, 0.5) is 4.79 Å². The van der Waals surface area contributed by atoms with Crippen molar-refractivity contribution in [3.05, 3.63) is 88.6 Å². The molecule has 2 aromatic carbocycles. The van der Waals surface area contributed by atoms with E-state index in [-0.39, 0.29) is 11.5 Å². The lowest BCUT2D eigenvalue weighted by Crippen LogP contribution is -2.37. The van der Waals surface area contributed by atoms with Crippen LogP contribution in [-0.2, 0) is 4.74 Å². The zero-order valence-corrected chi connectivity index (χ0v) is 23.1. The highest BCUT2D eigenvalue weighted by molar-refractivity contribution is 5.92. The molecule has 4 aromatic rings. The van der Waals surface area contributed by atoms with Gasteiger partial charge < -0.3 is 19.9 Å². The zero-order valence-electron chi connectivity index (χ0n) is 23.1. The number of hydrogen-bond acceptors (Lipinski definition) is 5. The zero-order chi connectivity index (χ0) is 27.6. The normalized spacial score (nSPS) is 15.9. The Bertz CT molecular complexity index is 1540. The predicted octanol–water partition coefficient (Wildman–Crippen LogP) is 5.88. The molecule has 1 unspecified atom stereocenters. The molecule has 1 aliphatic heterocycles. The first-order valence-electron chi connectivity index (χ1n) is 13.5. The van der Waals surface area contributed by atoms with E-state index in [1.165, 1.54) is 0 Å². The van der Waals surface area contributed by atoms with Crippen molar-refractivity contribution in [2.75, 3.05) is 26.2 Å². The van der Waals surface area contributed by atoms with E-state index in [0.717, 1.165) is 64.8 Å². The molecular formula is C32H36N4O3. The van der Waals surface area contributed by atoms with Crippen molar-refractivity contribution < 1.29 is 9.53 Å². The first-order chi connectivity index (χ1) is 18.7. The molecular weight excluding hydrogens is 488 g/mol. The summed E-state index contributed by atoms with van der Waals surface area (Å²) in [7, 11) is 0. The molecule has 0 saturated carbocycles. The number of hydrogen-bond donors (Lipinski definition) is 2. The third-order valence-electron chi connectivity index (χ3n) is 7.29. The largest absolute Gasteiger partial charge is 0.444 e. The number of pyridine rings is 2. The molecule has 3 heterocycles. The Morgan fingerprint density at radius 1 is 1.05 bits per heavy atom. The van der Waals surface area contributed by atoms with Gasteiger partial charge in [0.15, 0.2) is 0 Å². The summed E-state index contributed by atoms with van der Waals surface area (Å²) < 4.78 is 5.34. The number of fused-ring (bicyclic) bond motifs is 1. The molecule has 1 atom stereocenters. The molecule has 5 rings (SSSR count). The van der Waals surface area contributed by atoms with E-state index in [2.05, 4.69) is 51.4 Å². The second-order valence-electron chi connectivity index (χ2n) is 11.3. The van der Waals surface area contributed by atoms with Crippen LogP contribution in [0.25, 0.3) is 33.0 Å². The van der Waals surface area contributed by atoms with Crippen LogP contribution in [0.15, 0.2) is 71.8 Å². The number of H-pyrrole nitrogens is 1. The molecule has 2 N–H and O–H groups in total. The third kappa shape index (κ3) is 6.04. The molecule has 1 saturated heterocycles. The second kappa shape index (κ2) is 11.0. The van der Waals surface area contributed by atoms with Crippen LogP contribution in [0, 0.1) is 6.92 Å². The van der Waals surface area contributed by atoms with Gasteiger partial charge in [0.1, 0.15) is 5.60 Å². The lowest BCUT2D eigenvalue weighted by atomic mass is 9.88. The van der Waals surface area contributed by atoms with E-state index < -0.39 is 11.7 Å². The molecule has 1 amide bonds. The van der Waals surface area contributed by atoms with Gasteiger partial charge in [-0.25, -0.2) is 4.79 Å². The van der Waals surface area contributed by atoms with Crippen molar-refractivity contribution in [3.63, 3.8) is 0 Å². The third-order valence-corrected chi connectivity index (χ3v) is 7.29. The number of ether oxygens (including phenoxy) is 1. The molecule has 0 aliphatic carbocycles. The first-order valence-corrected chi connectivity index (χ1v) is 13.5. The topological polar surface area (TPSA) is 87.3 Å². The highest BCUT2D eigenvalue weighted by atomic mass is 16.6. The number of aromatic nitrogens is 2. The van der Waals surface area contributed by atoms with Crippen LogP contribution in [0.3, 0.4) is 0 Å². The van der Waals surface area contributed by atoms with Gasteiger partial charge >= 0.3 is 6.09 Å². The number of likely N-dealkylation sites (tertiary alicyclic amines) is 1. The maximum Gasteiger partial charge on any atom is 0.407 e. The molecule has 202 valence electrons. The van der Waals surface area contributed by atoms with E-state index >= 15 is 0 Å². The molecule has 0 bridgehead atoms. The summed E-state index contributed by atoms with van der Waals surface area (Å²) in [5.41, 5.74) is 5.00. The van der Waals surface area contributed by atoms with Gasteiger partial charge in [-0.1, -0.05) is 36.4 Å². The standard InChI is InChI=1S/C32H36N4O3/c1-21-27(23-11-14-33-15-12-23)28(25-10-9-22-7-5-6-8-24(22)19-25)30(37)35-29(21)26-13-17-36(20-26)18-16-34-31(38)39-32(2,3)4/h5-12,14-15,19,26H,13,16-18,20H2,1-4H3,(H,34,38)(H,35,37). The van der Waals surface area contributed by atoms with Crippen LogP contribution in [0.1, 0.15) is 44.4 Å². The average Bonchev–Trinajstić information content (AvgIpc) is 3.37. The summed E-state index contributed by atoms with van der Waals surface area (Å²) in [6.07, 6.45) is 4.09. The minimum absolute atomic E-state index is 0.0808. The number of aromatic amines is 1. The molecule has 0 spiro atoms. The highest BCUT2D eigenvalue weighted by Gasteiger charge is 2.28. The number of rotatable bonds is 6. The Balaban J connectivity index is 1.43. The number of nitrogens with one attached hydrogen (secondary N) is 2. The van der Waals surface area contributed by atoms with E-state index in [1.54, 1.807) is 12.4 Å². The number of carbonyl (C=O) groups excluding carboxylic acids is 1. The molecule has 2 aromatic heterocycles. The second-order valence-corrected chi connectivity index (χ2v) is 11.3. The number of alkyl carbamates (subject to hydrolysis) is 1. The fraction of sp³-hybridized carbons (Fsp3) is 0.344. The van der Waals surface area contributed by atoms with Crippen LogP contribution < -0.4 is 10.9 Å². The Labute approximate surface area is 229 Å². The summed E-state index contributed by atoms with van der Waals surface area (Å²) in [4.78, 5) is 35.6. The summed E-state index contributed by atoms with van der Waals surface area (Å²) in [5, 5.41) is 5.09. The highest BCUT2D eigenvalue weighted by Crippen LogP contribution is 2.37. The van der Waals surface area contributed by atoms with Crippen molar-refractivity contribution in [3.8, 4) is 22.3 Å². The fourth-order valence-corrected chi connectivity index (χ4v) is 5.52.